The van der Waals surface area contributed by atoms with Crippen LogP contribution in [-0.2, 0) is 32.0 Å². The molecule has 1 N–H and O–H groups in total. The van der Waals surface area contributed by atoms with Crippen LogP contribution in [0.5, 0.6) is 0 Å². The second kappa shape index (κ2) is 7.53. The van der Waals surface area contributed by atoms with Crippen LogP contribution in [0.1, 0.15) is 17.5 Å². The molecule has 3 rings (SSSR count). The monoisotopic (exact) mass is 409 g/mol. The largest absolute Gasteiger partial charge is 0.469 e. The Bertz CT molecular complexity index is 805. The standard InChI is InChI=1S/C17H20BrN3O4/c1-24-4-3-21-9-13-10(5-11(17(21)23)7-15(22)25-2)6-14(18)16-12(13)8-19-20-16/h6,8,11H,3-5,7,9H2,1-2H3,(H,19,20). The fourth-order valence-electron chi connectivity index (χ4n) is 3.27. The summed E-state index contributed by atoms with van der Waals surface area (Å²) in [5, 5.41) is 8.10. The van der Waals surface area contributed by atoms with Gasteiger partial charge in [-0.2, -0.15) is 5.10 Å². The van der Waals surface area contributed by atoms with Gasteiger partial charge in [0.05, 0.1) is 37.8 Å². The average Bonchev–Trinajstić information content (AvgIpc) is 3.05. The lowest BCUT2D eigenvalue weighted by molar-refractivity contribution is -0.147. The molecule has 0 bridgehead atoms. The predicted octanol–water partition coefficient (Wildman–Crippen LogP) is 2.04. The topological polar surface area (TPSA) is 84.5 Å². The number of amides is 1. The van der Waals surface area contributed by atoms with Crippen LogP contribution in [0, 0.1) is 5.92 Å². The van der Waals surface area contributed by atoms with E-state index in [4.69, 9.17) is 9.47 Å². The smallest absolute Gasteiger partial charge is 0.306 e. The van der Waals surface area contributed by atoms with Gasteiger partial charge in [-0.25, -0.2) is 0 Å². The zero-order valence-electron chi connectivity index (χ0n) is 14.2. The summed E-state index contributed by atoms with van der Waals surface area (Å²) >= 11 is 3.56. The number of carbonyl (C=O) groups excluding carboxylic acids is 2. The maximum absolute atomic E-state index is 13.0. The van der Waals surface area contributed by atoms with Crippen molar-refractivity contribution >= 4 is 38.7 Å². The quantitative estimate of drug-likeness (QED) is 0.763. The molecule has 0 aliphatic carbocycles. The van der Waals surface area contributed by atoms with Crippen LogP contribution >= 0.6 is 15.9 Å². The molecule has 0 saturated heterocycles. The fraction of sp³-hybridized carbons (Fsp3) is 0.471. The third kappa shape index (κ3) is 3.55. The maximum Gasteiger partial charge on any atom is 0.306 e. The molecular weight excluding hydrogens is 390 g/mol. The second-order valence-corrected chi connectivity index (χ2v) is 6.94. The molecule has 1 aromatic heterocycles. The van der Waals surface area contributed by atoms with Crippen molar-refractivity contribution in [1.29, 1.82) is 0 Å². The molecule has 0 saturated carbocycles. The van der Waals surface area contributed by atoms with Crippen LogP contribution < -0.4 is 0 Å². The molecule has 1 unspecified atom stereocenters. The number of esters is 1. The van der Waals surface area contributed by atoms with Crippen molar-refractivity contribution in [3.05, 3.63) is 27.9 Å². The first-order valence-electron chi connectivity index (χ1n) is 8.03. The third-order valence-electron chi connectivity index (χ3n) is 4.57. The average molecular weight is 410 g/mol. The Morgan fingerprint density at radius 2 is 2.28 bits per heavy atom. The minimum Gasteiger partial charge on any atom is -0.469 e. The number of aromatic amines is 1. The van der Waals surface area contributed by atoms with Crippen molar-refractivity contribution in [2.75, 3.05) is 27.4 Å². The van der Waals surface area contributed by atoms with Crippen LogP contribution in [0.4, 0.5) is 0 Å². The van der Waals surface area contributed by atoms with Gasteiger partial charge in [0.15, 0.2) is 0 Å². The normalized spacial score (nSPS) is 17.5. The molecule has 8 heteroatoms. The number of H-pyrrole nitrogens is 1. The SMILES string of the molecule is COCCN1Cc2c(cc(Br)c3[nH]ncc23)CC(CC(=O)OC)C1=O. The number of ether oxygens (including phenoxy) is 2. The molecule has 2 heterocycles. The summed E-state index contributed by atoms with van der Waals surface area (Å²) in [7, 11) is 2.94. The number of rotatable bonds is 5. The zero-order valence-corrected chi connectivity index (χ0v) is 15.8. The Morgan fingerprint density at radius 3 is 3.00 bits per heavy atom. The van der Waals surface area contributed by atoms with Crippen molar-refractivity contribution in [2.24, 2.45) is 5.92 Å². The Kier molecular flexibility index (Phi) is 5.39. The van der Waals surface area contributed by atoms with Crippen LogP contribution in [0.25, 0.3) is 10.9 Å². The molecule has 0 fully saturated rings. The summed E-state index contributed by atoms with van der Waals surface area (Å²) < 4.78 is 10.8. The van der Waals surface area contributed by atoms with E-state index in [0.29, 0.717) is 26.1 Å². The number of nitrogens with one attached hydrogen (secondary N) is 1. The molecule has 7 nitrogen and oxygen atoms in total. The van der Waals surface area contributed by atoms with E-state index < -0.39 is 5.92 Å². The minimum absolute atomic E-state index is 0.0496. The summed E-state index contributed by atoms with van der Waals surface area (Å²) in [5.41, 5.74) is 3.01. The fourth-order valence-corrected chi connectivity index (χ4v) is 3.84. The van der Waals surface area contributed by atoms with Crippen LogP contribution in [-0.4, -0.2) is 54.3 Å². The molecule has 1 aliphatic rings. The summed E-state index contributed by atoms with van der Waals surface area (Å²) in [4.78, 5) is 26.5. The lowest BCUT2D eigenvalue weighted by Gasteiger charge is -2.24. The lowest BCUT2D eigenvalue weighted by Crippen LogP contribution is -2.37. The van der Waals surface area contributed by atoms with Crippen LogP contribution in [0.15, 0.2) is 16.7 Å². The third-order valence-corrected chi connectivity index (χ3v) is 5.20. The predicted molar refractivity (Wildman–Crippen MR) is 94.9 cm³/mol. The molecule has 25 heavy (non-hydrogen) atoms. The van der Waals surface area contributed by atoms with Crippen molar-refractivity contribution in [1.82, 2.24) is 15.1 Å². The van der Waals surface area contributed by atoms with E-state index in [2.05, 4.69) is 26.1 Å². The lowest BCUT2D eigenvalue weighted by atomic mass is 9.93. The van der Waals surface area contributed by atoms with Crippen LogP contribution in [0.2, 0.25) is 0 Å². The van der Waals surface area contributed by atoms with Crippen molar-refractivity contribution in [3.8, 4) is 0 Å². The van der Waals surface area contributed by atoms with E-state index in [1.807, 2.05) is 6.07 Å². The second-order valence-electron chi connectivity index (χ2n) is 6.09. The Morgan fingerprint density at radius 1 is 1.48 bits per heavy atom. The van der Waals surface area contributed by atoms with Gasteiger partial charge < -0.3 is 14.4 Å². The zero-order chi connectivity index (χ0) is 18.0. The number of benzene rings is 1. The molecular formula is C17H20BrN3O4. The molecule has 1 atom stereocenters. The number of hydrogen-bond donors (Lipinski definition) is 1. The van der Waals surface area contributed by atoms with Gasteiger partial charge >= 0.3 is 5.97 Å². The van der Waals surface area contributed by atoms with E-state index >= 15 is 0 Å². The number of methoxy groups -OCH3 is 2. The van der Waals surface area contributed by atoms with Crippen LogP contribution in [0.3, 0.4) is 0 Å². The summed E-state index contributed by atoms with van der Waals surface area (Å²) in [6.45, 7) is 1.39. The number of fused-ring (bicyclic) bond motifs is 3. The highest BCUT2D eigenvalue weighted by atomic mass is 79.9. The van der Waals surface area contributed by atoms with Gasteiger partial charge in [0.2, 0.25) is 5.91 Å². The number of nitrogens with zero attached hydrogens (tertiary/aromatic N) is 2. The van der Waals surface area contributed by atoms with E-state index in [1.165, 1.54) is 7.11 Å². The Balaban J connectivity index is 2.04. The summed E-state index contributed by atoms with van der Waals surface area (Å²) in [6, 6.07) is 2.01. The summed E-state index contributed by atoms with van der Waals surface area (Å²) in [5.74, 6) is -0.870. The number of hydrogen-bond acceptors (Lipinski definition) is 5. The van der Waals surface area contributed by atoms with Crippen molar-refractivity contribution < 1.29 is 19.1 Å². The van der Waals surface area contributed by atoms with E-state index in [1.54, 1.807) is 18.2 Å². The molecule has 2 aromatic rings. The number of halogens is 1. The molecule has 1 aliphatic heterocycles. The number of aromatic nitrogens is 2. The Hall–Kier alpha value is -1.93. The first kappa shape index (κ1) is 17.9. The van der Waals surface area contributed by atoms with Gasteiger partial charge in [0.1, 0.15) is 0 Å². The van der Waals surface area contributed by atoms with Gasteiger partial charge in [-0.1, -0.05) is 0 Å². The van der Waals surface area contributed by atoms with Crippen molar-refractivity contribution in [3.63, 3.8) is 0 Å². The maximum atomic E-state index is 13.0. The van der Waals surface area contributed by atoms with E-state index in [9.17, 15) is 9.59 Å². The van der Waals surface area contributed by atoms with Gasteiger partial charge in [0.25, 0.3) is 0 Å². The highest BCUT2D eigenvalue weighted by molar-refractivity contribution is 9.10. The van der Waals surface area contributed by atoms with E-state index in [0.717, 1.165) is 26.5 Å². The van der Waals surface area contributed by atoms with Gasteiger partial charge in [-0.3, -0.25) is 14.7 Å². The molecule has 0 spiro atoms. The van der Waals surface area contributed by atoms with Gasteiger partial charge in [0, 0.05) is 30.1 Å². The highest BCUT2D eigenvalue weighted by Crippen LogP contribution is 2.34. The molecule has 134 valence electrons. The minimum atomic E-state index is -0.443. The van der Waals surface area contributed by atoms with Crippen molar-refractivity contribution in [2.45, 2.75) is 19.4 Å². The highest BCUT2D eigenvalue weighted by Gasteiger charge is 2.32. The molecule has 1 amide bonds. The first-order chi connectivity index (χ1) is 12.0. The molecule has 1 aromatic carbocycles. The van der Waals surface area contributed by atoms with E-state index in [-0.39, 0.29) is 18.3 Å². The van der Waals surface area contributed by atoms with Gasteiger partial charge in [-0.05, 0) is 39.5 Å². The first-order valence-corrected chi connectivity index (χ1v) is 8.82. The summed E-state index contributed by atoms with van der Waals surface area (Å²) in [6.07, 6.45) is 2.34. The Labute approximate surface area is 153 Å². The molecule has 0 radical (unpaired) electrons. The van der Waals surface area contributed by atoms with Gasteiger partial charge in [-0.15, -0.1) is 0 Å². The number of carbonyl (C=O) groups is 2.